The third-order valence-corrected chi connectivity index (χ3v) is 3.36. The minimum Gasteiger partial charge on any atom is -0.330 e. The summed E-state index contributed by atoms with van der Waals surface area (Å²) >= 11 is 0. The van der Waals surface area contributed by atoms with Crippen LogP contribution in [-0.2, 0) is 6.42 Å². The number of benzene rings is 2. The van der Waals surface area contributed by atoms with E-state index >= 15 is 0 Å². The highest BCUT2D eigenvalue weighted by atomic mass is 14.5. The second kappa shape index (κ2) is 5.83. The number of rotatable bonds is 4. The summed E-state index contributed by atoms with van der Waals surface area (Å²) in [5.74, 6) is 0.433. The summed E-state index contributed by atoms with van der Waals surface area (Å²) in [7, 11) is 0. The molecule has 0 aliphatic heterocycles. The first-order chi connectivity index (χ1) is 8.69. The molecule has 1 unspecified atom stereocenters. The summed E-state index contributed by atoms with van der Waals surface area (Å²) in [6.07, 6.45) is 0.993. The van der Waals surface area contributed by atoms with E-state index in [1.165, 1.54) is 22.3 Å². The zero-order valence-corrected chi connectivity index (χ0v) is 11.2. The Morgan fingerprint density at radius 2 is 1.67 bits per heavy atom. The summed E-state index contributed by atoms with van der Waals surface area (Å²) in [5, 5.41) is 0. The molecule has 1 heteroatoms. The first-order valence-electron chi connectivity index (χ1n) is 6.53. The summed E-state index contributed by atoms with van der Waals surface area (Å²) in [6, 6.07) is 17.5. The largest absolute Gasteiger partial charge is 0.330 e. The topological polar surface area (TPSA) is 26.0 Å². The monoisotopic (exact) mass is 239 g/mol. The minimum absolute atomic E-state index is 0.433. The van der Waals surface area contributed by atoms with Gasteiger partial charge in [0, 0.05) is 0 Å². The fourth-order valence-corrected chi connectivity index (χ4v) is 2.20. The van der Waals surface area contributed by atoms with Crippen LogP contribution in [0.1, 0.15) is 35.1 Å². The van der Waals surface area contributed by atoms with Crippen LogP contribution in [0.5, 0.6) is 0 Å². The highest BCUT2D eigenvalue weighted by Gasteiger charge is 2.04. The van der Waals surface area contributed by atoms with Crippen LogP contribution in [0.15, 0.2) is 48.5 Å². The zero-order valence-electron chi connectivity index (χ0n) is 11.2. The van der Waals surface area contributed by atoms with E-state index in [0.717, 1.165) is 6.42 Å². The average molecular weight is 239 g/mol. The van der Waals surface area contributed by atoms with Gasteiger partial charge in [-0.1, -0.05) is 61.0 Å². The Balaban J connectivity index is 2.19. The van der Waals surface area contributed by atoms with E-state index in [2.05, 4.69) is 62.4 Å². The lowest BCUT2D eigenvalue weighted by molar-refractivity contribution is 0.772. The lowest BCUT2D eigenvalue weighted by Crippen LogP contribution is -2.09. The van der Waals surface area contributed by atoms with Crippen LogP contribution >= 0.6 is 0 Å². The summed E-state index contributed by atoms with van der Waals surface area (Å²) in [6.45, 7) is 5.01. The minimum atomic E-state index is 0.433. The fraction of sp³-hybridized carbons (Fsp3) is 0.294. The van der Waals surface area contributed by atoms with Crippen LogP contribution in [0.4, 0.5) is 0 Å². The summed E-state index contributed by atoms with van der Waals surface area (Å²) < 4.78 is 0. The van der Waals surface area contributed by atoms with Crippen molar-refractivity contribution in [1.29, 1.82) is 0 Å². The van der Waals surface area contributed by atoms with E-state index in [0.29, 0.717) is 12.5 Å². The predicted octanol–water partition coefficient (Wildman–Crippen LogP) is 3.65. The first-order valence-corrected chi connectivity index (χ1v) is 6.53. The van der Waals surface area contributed by atoms with Crippen molar-refractivity contribution in [3.8, 4) is 0 Å². The van der Waals surface area contributed by atoms with E-state index in [4.69, 9.17) is 5.73 Å². The molecule has 0 fully saturated rings. The van der Waals surface area contributed by atoms with Crippen molar-refractivity contribution < 1.29 is 0 Å². The maximum atomic E-state index is 5.73. The molecule has 0 aliphatic carbocycles. The van der Waals surface area contributed by atoms with Crippen molar-refractivity contribution in [3.63, 3.8) is 0 Å². The van der Waals surface area contributed by atoms with Crippen molar-refractivity contribution in [2.24, 2.45) is 5.73 Å². The molecule has 2 rings (SSSR count). The normalized spacial score (nSPS) is 12.4. The molecule has 1 nitrogen and oxygen atoms in total. The number of hydrogen-bond acceptors (Lipinski definition) is 1. The van der Waals surface area contributed by atoms with Gasteiger partial charge in [0.1, 0.15) is 0 Å². The highest BCUT2D eigenvalue weighted by molar-refractivity contribution is 5.32. The molecule has 0 aliphatic rings. The molecule has 0 saturated heterocycles. The Bertz CT molecular complexity index is 517. The SMILES string of the molecule is Cc1cccc(Cc2cccc(C(C)CN)c2)c1. The van der Waals surface area contributed by atoms with E-state index < -0.39 is 0 Å². The van der Waals surface area contributed by atoms with E-state index in [1.807, 2.05) is 0 Å². The number of hydrogen-bond donors (Lipinski definition) is 1. The molecule has 0 aromatic heterocycles. The lowest BCUT2D eigenvalue weighted by atomic mass is 9.96. The van der Waals surface area contributed by atoms with Gasteiger partial charge in [0.2, 0.25) is 0 Å². The summed E-state index contributed by atoms with van der Waals surface area (Å²) in [4.78, 5) is 0. The molecule has 2 aromatic rings. The maximum absolute atomic E-state index is 5.73. The Morgan fingerprint density at radius 3 is 2.33 bits per heavy atom. The number of aryl methyl sites for hydroxylation is 1. The Kier molecular flexibility index (Phi) is 4.16. The smallest absolute Gasteiger partial charge is 0.00109 e. The van der Waals surface area contributed by atoms with Crippen LogP contribution in [0.25, 0.3) is 0 Å². The van der Waals surface area contributed by atoms with Crippen molar-refractivity contribution in [3.05, 3.63) is 70.8 Å². The van der Waals surface area contributed by atoms with Crippen molar-refractivity contribution in [2.75, 3.05) is 6.54 Å². The standard InChI is InChI=1S/C17H21N/c1-13-5-3-6-15(9-13)10-16-7-4-8-17(11-16)14(2)12-18/h3-9,11,14H,10,12,18H2,1-2H3. The van der Waals surface area contributed by atoms with Gasteiger partial charge in [-0.2, -0.15) is 0 Å². The van der Waals surface area contributed by atoms with Crippen LogP contribution in [0.3, 0.4) is 0 Å². The van der Waals surface area contributed by atoms with Crippen LogP contribution < -0.4 is 5.73 Å². The quantitative estimate of drug-likeness (QED) is 0.866. The molecule has 18 heavy (non-hydrogen) atoms. The third kappa shape index (κ3) is 3.21. The van der Waals surface area contributed by atoms with Crippen LogP contribution in [-0.4, -0.2) is 6.54 Å². The molecule has 94 valence electrons. The molecule has 2 aromatic carbocycles. The molecule has 0 radical (unpaired) electrons. The number of nitrogens with two attached hydrogens (primary N) is 1. The van der Waals surface area contributed by atoms with Gasteiger partial charge in [-0.05, 0) is 42.5 Å². The van der Waals surface area contributed by atoms with Gasteiger partial charge in [0.05, 0.1) is 0 Å². The lowest BCUT2D eigenvalue weighted by Gasteiger charge is -2.11. The highest BCUT2D eigenvalue weighted by Crippen LogP contribution is 2.18. The van der Waals surface area contributed by atoms with Crippen LogP contribution in [0.2, 0.25) is 0 Å². The molecule has 0 heterocycles. The summed E-state index contributed by atoms with van der Waals surface area (Å²) in [5.41, 5.74) is 11.1. The first kappa shape index (κ1) is 12.8. The molecular weight excluding hydrogens is 218 g/mol. The van der Waals surface area contributed by atoms with Gasteiger partial charge < -0.3 is 5.73 Å². The average Bonchev–Trinajstić information content (AvgIpc) is 2.38. The maximum Gasteiger partial charge on any atom is -0.00109 e. The molecule has 0 bridgehead atoms. The second-order valence-electron chi connectivity index (χ2n) is 5.05. The van der Waals surface area contributed by atoms with Gasteiger partial charge in [-0.25, -0.2) is 0 Å². The van der Waals surface area contributed by atoms with Crippen molar-refractivity contribution in [2.45, 2.75) is 26.2 Å². The molecule has 2 N–H and O–H groups in total. The van der Waals surface area contributed by atoms with Gasteiger partial charge in [-0.15, -0.1) is 0 Å². The van der Waals surface area contributed by atoms with Gasteiger partial charge in [0.25, 0.3) is 0 Å². The molecule has 0 amide bonds. The van der Waals surface area contributed by atoms with Gasteiger partial charge in [-0.3, -0.25) is 0 Å². The Morgan fingerprint density at radius 1 is 1.00 bits per heavy atom. The zero-order chi connectivity index (χ0) is 13.0. The molecule has 0 saturated carbocycles. The molecule has 0 spiro atoms. The third-order valence-electron chi connectivity index (χ3n) is 3.36. The van der Waals surface area contributed by atoms with Crippen molar-refractivity contribution >= 4 is 0 Å². The molecular formula is C17H21N. The van der Waals surface area contributed by atoms with E-state index in [-0.39, 0.29) is 0 Å². The van der Waals surface area contributed by atoms with E-state index in [1.54, 1.807) is 0 Å². The van der Waals surface area contributed by atoms with Crippen molar-refractivity contribution in [1.82, 2.24) is 0 Å². The second-order valence-corrected chi connectivity index (χ2v) is 5.05. The molecule has 1 atom stereocenters. The fourth-order valence-electron chi connectivity index (χ4n) is 2.20. The predicted molar refractivity (Wildman–Crippen MR) is 77.9 cm³/mol. The van der Waals surface area contributed by atoms with Crippen LogP contribution in [0, 0.1) is 6.92 Å². The Hall–Kier alpha value is -1.60. The van der Waals surface area contributed by atoms with E-state index in [9.17, 15) is 0 Å². The van der Waals surface area contributed by atoms with Gasteiger partial charge >= 0.3 is 0 Å². The Labute approximate surface area is 110 Å². The van der Waals surface area contributed by atoms with Gasteiger partial charge in [0.15, 0.2) is 0 Å².